The first-order chi connectivity index (χ1) is 7.36. The van der Waals surface area contributed by atoms with Crippen molar-refractivity contribution in [3.05, 3.63) is 29.6 Å². The molecule has 2 heteroatoms. The van der Waals surface area contributed by atoms with Crippen LogP contribution in [-0.2, 0) is 4.74 Å². The Hall–Kier alpha value is -0.890. The lowest BCUT2D eigenvalue weighted by molar-refractivity contribution is 0.0123. The van der Waals surface area contributed by atoms with Gasteiger partial charge >= 0.3 is 0 Å². The summed E-state index contributed by atoms with van der Waals surface area (Å²) < 4.78 is 5.64. The summed E-state index contributed by atoms with van der Waals surface area (Å²) in [5.74, 6) is 0. The van der Waals surface area contributed by atoms with Crippen LogP contribution in [0.25, 0.3) is 0 Å². The zero-order valence-corrected chi connectivity index (χ0v) is 9.99. The number of nitrogens with zero attached hydrogens (tertiary/aromatic N) is 1. The number of pyridine rings is 1. The van der Waals surface area contributed by atoms with Gasteiger partial charge in [0.05, 0.1) is 11.8 Å². The van der Waals surface area contributed by atoms with Gasteiger partial charge in [0, 0.05) is 12.8 Å². The van der Waals surface area contributed by atoms with Gasteiger partial charge in [-0.1, -0.05) is 19.9 Å². The fourth-order valence-electron chi connectivity index (χ4n) is 1.64. The highest BCUT2D eigenvalue weighted by atomic mass is 16.5. The molecule has 0 radical (unpaired) electrons. The molecule has 0 aromatic carbocycles. The second kappa shape index (κ2) is 6.57. The monoisotopic (exact) mass is 207 g/mol. The van der Waals surface area contributed by atoms with Crippen LogP contribution in [0.2, 0.25) is 0 Å². The molecule has 0 amide bonds. The van der Waals surface area contributed by atoms with Crippen molar-refractivity contribution in [1.82, 2.24) is 4.98 Å². The van der Waals surface area contributed by atoms with Crippen molar-refractivity contribution in [3.63, 3.8) is 0 Å². The van der Waals surface area contributed by atoms with Gasteiger partial charge in [0.1, 0.15) is 0 Å². The smallest absolute Gasteiger partial charge is 0.0994 e. The van der Waals surface area contributed by atoms with Crippen molar-refractivity contribution in [2.75, 3.05) is 6.61 Å². The Labute approximate surface area is 92.7 Å². The van der Waals surface area contributed by atoms with Crippen LogP contribution in [-0.4, -0.2) is 11.6 Å². The second-order valence-electron chi connectivity index (χ2n) is 3.62. The van der Waals surface area contributed by atoms with Crippen LogP contribution >= 0.6 is 0 Å². The van der Waals surface area contributed by atoms with E-state index in [0.717, 1.165) is 18.7 Å². The Morgan fingerprint density at radius 3 is 2.60 bits per heavy atom. The predicted molar refractivity (Wildman–Crippen MR) is 62.9 cm³/mol. The van der Waals surface area contributed by atoms with E-state index in [-0.39, 0.29) is 6.10 Å². The van der Waals surface area contributed by atoms with Gasteiger partial charge in [-0.05, 0) is 37.8 Å². The molecule has 1 saturated heterocycles. The number of hydrogen-bond acceptors (Lipinski definition) is 2. The first-order valence-corrected chi connectivity index (χ1v) is 5.90. The van der Waals surface area contributed by atoms with Crippen LogP contribution in [0.1, 0.15) is 50.5 Å². The van der Waals surface area contributed by atoms with Gasteiger partial charge in [0.15, 0.2) is 0 Å². The third-order valence-electron chi connectivity index (χ3n) is 2.44. The molecule has 1 aromatic heterocycles. The normalized spacial score (nSPS) is 20.3. The van der Waals surface area contributed by atoms with E-state index in [2.05, 4.69) is 24.0 Å². The Balaban J connectivity index is 0.000000531. The number of aromatic nitrogens is 1. The Morgan fingerprint density at radius 1 is 1.27 bits per heavy atom. The van der Waals surface area contributed by atoms with Crippen LogP contribution in [0.15, 0.2) is 18.3 Å². The quantitative estimate of drug-likeness (QED) is 0.701. The number of rotatable bonds is 1. The topological polar surface area (TPSA) is 22.1 Å². The summed E-state index contributed by atoms with van der Waals surface area (Å²) in [6, 6.07) is 4.17. The van der Waals surface area contributed by atoms with Gasteiger partial charge in [-0.15, -0.1) is 0 Å². The third kappa shape index (κ3) is 3.63. The fraction of sp³-hybridized carbons (Fsp3) is 0.615. The van der Waals surface area contributed by atoms with E-state index < -0.39 is 0 Å². The number of hydrogen-bond donors (Lipinski definition) is 0. The average Bonchev–Trinajstić information content (AvgIpc) is 2.34. The Bertz CT molecular complexity index is 262. The largest absolute Gasteiger partial charge is 0.372 e. The number of aryl methyl sites for hydroxylation is 1. The van der Waals surface area contributed by atoms with Crippen molar-refractivity contribution >= 4 is 0 Å². The minimum absolute atomic E-state index is 0.245. The van der Waals surface area contributed by atoms with Gasteiger partial charge in [-0.3, -0.25) is 4.98 Å². The maximum Gasteiger partial charge on any atom is 0.0994 e. The first-order valence-electron chi connectivity index (χ1n) is 5.90. The molecule has 1 aliphatic rings. The van der Waals surface area contributed by atoms with Crippen molar-refractivity contribution in [1.29, 1.82) is 0 Å². The molecule has 1 aromatic rings. The molecule has 2 rings (SSSR count). The lowest BCUT2D eigenvalue weighted by Gasteiger charge is -2.21. The molecule has 1 fully saturated rings. The Kier molecular flexibility index (Phi) is 5.33. The molecule has 0 saturated carbocycles. The minimum atomic E-state index is 0.245. The fourth-order valence-corrected chi connectivity index (χ4v) is 1.64. The zero-order chi connectivity index (χ0) is 11.1. The maximum absolute atomic E-state index is 5.64. The van der Waals surface area contributed by atoms with E-state index in [1.807, 2.05) is 20.0 Å². The SMILES string of the molecule is CC.Cc1ccc(C2CCCCO2)nc1. The van der Waals surface area contributed by atoms with Crippen molar-refractivity contribution in [2.45, 2.75) is 46.1 Å². The van der Waals surface area contributed by atoms with Gasteiger partial charge in [0.25, 0.3) is 0 Å². The molecule has 0 spiro atoms. The second-order valence-corrected chi connectivity index (χ2v) is 3.62. The highest BCUT2D eigenvalue weighted by Gasteiger charge is 2.16. The van der Waals surface area contributed by atoms with Crippen molar-refractivity contribution in [3.8, 4) is 0 Å². The van der Waals surface area contributed by atoms with E-state index in [9.17, 15) is 0 Å². The highest BCUT2D eigenvalue weighted by molar-refractivity contribution is 5.14. The standard InChI is InChI=1S/C11H15NO.C2H6/c1-9-5-6-10(12-8-9)11-4-2-3-7-13-11;1-2/h5-6,8,11H,2-4,7H2,1H3;1-2H3. The number of ether oxygens (including phenoxy) is 1. The predicted octanol–water partition coefficient (Wildman–Crippen LogP) is 3.66. The maximum atomic E-state index is 5.64. The van der Waals surface area contributed by atoms with Crippen LogP contribution in [0.3, 0.4) is 0 Å². The van der Waals surface area contributed by atoms with Gasteiger partial charge in [0.2, 0.25) is 0 Å². The molecule has 2 heterocycles. The van der Waals surface area contributed by atoms with Crippen LogP contribution in [0.5, 0.6) is 0 Å². The average molecular weight is 207 g/mol. The molecule has 15 heavy (non-hydrogen) atoms. The van der Waals surface area contributed by atoms with E-state index in [1.165, 1.54) is 18.4 Å². The van der Waals surface area contributed by atoms with Gasteiger partial charge in [-0.25, -0.2) is 0 Å². The molecule has 84 valence electrons. The van der Waals surface area contributed by atoms with E-state index in [4.69, 9.17) is 4.74 Å². The lowest BCUT2D eigenvalue weighted by atomic mass is 10.1. The summed E-state index contributed by atoms with van der Waals surface area (Å²) in [6.45, 7) is 6.94. The van der Waals surface area contributed by atoms with Gasteiger partial charge < -0.3 is 4.74 Å². The zero-order valence-electron chi connectivity index (χ0n) is 9.99. The summed E-state index contributed by atoms with van der Waals surface area (Å²) >= 11 is 0. The summed E-state index contributed by atoms with van der Waals surface area (Å²) in [5.41, 5.74) is 2.30. The molecule has 1 unspecified atom stereocenters. The molecule has 1 atom stereocenters. The van der Waals surface area contributed by atoms with E-state index in [1.54, 1.807) is 0 Å². The molecule has 0 N–H and O–H groups in total. The molecular formula is C13H21NO. The molecule has 2 nitrogen and oxygen atoms in total. The van der Waals surface area contributed by atoms with E-state index in [0.29, 0.717) is 0 Å². The van der Waals surface area contributed by atoms with Crippen LogP contribution in [0, 0.1) is 6.92 Å². The van der Waals surface area contributed by atoms with Crippen LogP contribution in [0.4, 0.5) is 0 Å². The molecule has 0 bridgehead atoms. The Morgan fingerprint density at radius 2 is 2.07 bits per heavy atom. The van der Waals surface area contributed by atoms with Crippen molar-refractivity contribution < 1.29 is 4.74 Å². The molecular weight excluding hydrogens is 186 g/mol. The summed E-state index contributed by atoms with van der Waals surface area (Å²) in [4.78, 5) is 4.38. The van der Waals surface area contributed by atoms with E-state index >= 15 is 0 Å². The summed E-state index contributed by atoms with van der Waals surface area (Å²) in [7, 11) is 0. The van der Waals surface area contributed by atoms with Crippen molar-refractivity contribution in [2.24, 2.45) is 0 Å². The summed E-state index contributed by atoms with van der Waals surface area (Å²) in [5, 5.41) is 0. The van der Waals surface area contributed by atoms with Gasteiger partial charge in [-0.2, -0.15) is 0 Å². The highest BCUT2D eigenvalue weighted by Crippen LogP contribution is 2.25. The molecule has 1 aliphatic heterocycles. The third-order valence-corrected chi connectivity index (χ3v) is 2.44. The summed E-state index contributed by atoms with van der Waals surface area (Å²) in [6.07, 6.45) is 5.74. The lowest BCUT2D eigenvalue weighted by Crippen LogP contribution is -2.12. The first kappa shape index (κ1) is 12.2. The molecule has 0 aliphatic carbocycles. The minimum Gasteiger partial charge on any atom is -0.372 e. The van der Waals surface area contributed by atoms with Crippen LogP contribution < -0.4 is 0 Å².